The van der Waals surface area contributed by atoms with Crippen LogP contribution in [0.5, 0.6) is 11.5 Å². The van der Waals surface area contributed by atoms with Gasteiger partial charge in [0, 0.05) is 70.6 Å². The fourth-order valence-electron chi connectivity index (χ4n) is 5.27. The van der Waals surface area contributed by atoms with E-state index < -0.39 is 23.7 Å². The summed E-state index contributed by atoms with van der Waals surface area (Å²) in [5, 5.41) is 2.78. The lowest BCUT2D eigenvalue weighted by atomic mass is 9.78. The first kappa shape index (κ1) is 46.8. The SMILES string of the molecule is CCO[Si](CCCN=C=O)(OCC)OCC.CCO[Si](CCCNC(=O)Oc1ccc(C(C)(C)c2ccc(OC(C)=O)cc2)cc1)(OCC)OCC. The third-order valence-electron chi connectivity index (χ3n) is 7.56. The van der Waals surface area contributed by atoms with Crippen molar-refractivity contribution in [2.24, 2.45) is 4.99 Å². The van der Waals surface area contributed by atoms with Gasteiger partial charge in [0.25, 0.3) is 0 Å². The van der Waals surface area contributed by atoms with Gasteiger partial charge in [0.05, 0.1) is 6.54 Å². The molecule has 0 spiro atoms. The van der Waals surface area contributed by atoms with Gasteiger partial charge in [-0.2, -0.15) is 0 Å². The van der Waals surface area contributed by atoms with Gasteiger partial charge in [-0.05, 0) is 89.8 Å². The molecule has 0 aromatic heterocycles. The maximum absolute atomic E-state index is 12.3. The molecule has 0 unspecified atom stereocenters. The zero-order chi connectivity index (χ0) is 38.9. The molecular formula is C37H60N2O11Si2. The van der Waals surface area contributed by atoms with E-state index in [0.29, 0.717) is 82.7 Å². The Hall–Kier alpha value is -3.25. The molecule has 0 fully saturated rings. The van der Waals surface area contributed by atoms with Crippen molar-refractivity contribution in [3.05, 3.63) is 59.7 Å². The van der Waals surface area contributed by atoms with Crippen molar-refractivity contribution in [2.45, 2.75) is 92.7 Å². The molecule has 0 heterocycles. The van der Waals surface area contributed by atoms with Crippen molar-refractivity contribution in [2.75, 3.05) is 52.7 Å². The largest absolute Gasteiger partial charge is 0.500 e. The molecule has 0 radical (unpaired) electrons. The number of rotatable bonds is 24. The van der Waals surface area contributed by atoms with Crippen molar-refractivity contribution in [1.82, 2.24) is 5.32 Å². The van der Waals surface area contributed by atoms with Crippen LogP contribution in [0.15, 0.2) is 53.5 Å². The zero-order valence-electron chi connectivity index (χ0n) is 32.5. The average molecular weight is 765 g/mol. The number of nitrogens with one attached hydrogen (secondary N) is 1. The monoisotopic (exact) mass is 764 g/mol. The minimum absolute atomic E-state index is 0.298. The van der Waals surface area contributed by atoms with Gasteiger partial charge in [-0.15, -0.1) is 0 Å². The lowest BCUT2D eigenvalue weighted by molar-refractivity contribution is -0.131. The molecule has 0 aliphatic rings. The number of esters is 1. The van der Waals surface area contributed by atoms with E-state index in [-0.39, 0.29) is 11.4 Å². The standard InChI is InChI=1S/C27H39NO7Si.C10H21NO4Si/c1-7-31-36(32-8-2,33-9-3)20-10-19-28-26(30)35-25-17-13-23(14-18-25)27(5,6)22-11-15-24(16-12-22)34-21(4)29;1-4-13-16(14-5-2,15-6-3)9-7-8-11-10-12/h11-18H,7-10,19-20H2,1-6H3,(H,28,30);4-9H2,1-3H3. The van der Waals surface area contributed by atoms with E-state index in [4.69, 9.17) is 36.0 Å². The molecule has 52 heavy (non-hydrogen) atoms. The van der Waals surface area contributed by atoms with Gasteiger partial charge in [-0.25, -0.2) is 14.6 Å². The second-order valence-corrected chi connectivity index (χ2v) is 17.2. The van der Waals surface area contributed by atoms with Crippen LogP contribution in [0, 0.1) is 0 Å². The number of nitrogens with zero attached hydrogens (tertiary/aromatic N) is 1. The second-order valence-electron chi connectivity index (χ2n) is 11.7. The topological polar surface area (TPSA) is 149 Å². The van der Waals surface area contributed by atoms with Gasteiger partial charge in [0.15, 0.2) is 0 Å². The highest BCUT2D eigenvalue weighted by molar-refractivity contribution is 6.61. The lowest BCUT2D eigenvalue weighted by Crippen LogP contribution is -2.46. The molecule has 0 saturated carbocycles. The van der Waals surface area contributed by atoms with Crippen LogP contribution < -0.4 is 14.8 Å². The normalized spacial score (nSPS) is 11.6. The van der Waals surface area contributed by atoms with Crippen LogP contribution in [-0.4, -0.2) is 88.5 Å². The third kappa shape index (κ3) is 17.1. The van der Waals surface area contributed by atoms with Crippen LogP contribution in [0.4, 0.5) is 4.79 Å². The molecule has 0 atom stereocenters. The van der Waals surface area contributed by atoms with Gasteiger partial charge >= 0.3 is 29.7 Å². The maximum atomic E-state index is 12.3. The minimum Gasteiger partial charge on any atom is -0.427 e. The highest BCUT2D eigenvalue weighted by Crippen LogP contribution is 2.33. The first-order valence-corrected chi connectivity index (χ1v) is 22.0. The number of hydrogen-bond donors (Lipinski definition) is 1. The first-order chi connectivity index (χ1) is 24.9. The van der Waals surface area contributed by atoms with Gasteiger partial charge in [0.1, 0.15) is 11.5 Å². The molecule has 2 aromatic carbocycles. The highest BCUT2D eigenvalue weighted by Gasteiger charge is 2.40. The van der Waals surface area contributed by atoms with E-state index in [1.165, 1.54) is 13.0 Å². The molecule has 0 aliphatic carbocycles. The number of isocyanates is 1. The molecule has 0 saturated heterocycles. The van der Waals surface area contributed by atoms with Gasteiger partial charge < -0.3 is 41.3 Å². The van der Waals surface area contributed by atoms with Crippen LogP contribution in [0.1, 0.15) is 86.3 Å². The molecule has 2 rings (SSSR count). The molecule has 0 aliphatic heterocycles. The summed E-state index contributed by atoms with van der Waals surface area (Å²) in [6, 6.07) is 16.2. The molecule has 292 valence electrons. The number of ether oxygens (including phenoxy) is 2. The summed E-state index contributed by atoms with van der Waals surface area (Å²) in [5.41, 5.74) is 1.82. The van der Waals surface area contributed by atoms with E-state index in [2.05, 4.69) is 24.2 Å². The molecule has 2 aromatic rings. The fourth-order valence-corrected chi connectivity index (χ4v) is 10.5. The number of aliphatic imine (C=N–C) groups is 1. The number of benzene rings is 2. The van der Waals surface area contributed by atoms with Gasteiger partial charge in [0.2, 0.25) is 6.08 Å². The summed E-state index contributed by atoms with van der Waals surface area (Å²) in [6.45, 7) is 21.3. The van der Waals surface area contributed by atoms with Crippen molar-refractivity contribution < 1.29 is 50.4 Å². The summed E-state index contributed by atoms with van der Waals surface area (Å²) >= 11 is 0. The Morgan fingerprint density at radius 2 is 1.04 bits per heavy atom. The smallest absolute Gasteiger partial charge is 0.427 e. The minimum atomic E-state index is -2.72. The lowest BCUT2D eigenvalue weighted by Gasteiger charge is -2.28. The Labute approximate surface area is 312 Å². The van der Waals surface area contributed by atoms with Crippen LogP contribution in [-0.2, 0) is 41.6 Å². The number of amides is 1. The van der Waals surface area contributed by atoms with E-state index >= 15 is 0 Å². The van der Waals surface area contributed by atoms with E-state index in [1.807, 2.05) is 65.8 Å². The van der Waals surface area contributed by atoms with Crippen LogP contribution in [0.25, 0.3) is 0 Å². The quantitative estimate of drug-likeness (QED) is 0.0288. The summed E-state index contributed by atoms with van der Waals surface area (Å²) in [5.74, 6) is 0.621. The molecule has 0 bridgehead atoms. The predicted molar refractivity (Wildman–Crippen MR) is 203 cm³/mol. The summed E-state index contributed by atoms with van der Waals surface area (Å²) < 4.78 is 45.0. The van der Waals surface area contributed by atoms with Crippen LogP contribution in [0.3, 0.4) is 0 Å². The fraction of sp³-hybridized carbons (Fsp3) is 0.595. The van der Waals surface area contributed by atoms with Gasteiger partial charge in [-0.3, -0.25) is 4.79 Å². The third-order valence-corrected chi connectivity index (χ3v) is 13.9. The van der Waals surface area contributed by atoms with E-state index in [0.717, 1.165) is 17.5 Å². The van der Waals surface area contributed by atoms with Crippen LogP contribution in [0.2, 0.25) is 12.1 Å². The highest BCUT2D eigenvalue weighted by atomic mass is 28.4. The number of carbonyl (C=O) groups excluding carboxylic acids is 3. The van der Waals surface area contributed by atoms with Crippen molar-refractivity contribution in [1.29, 1.82) is 0 Å². The zero-order valence-corrected chi connectivity index (χ0v) is 34.5. The Morgan fingerprint density at radius 1 is 0.654 bits per heavy atom. The van der Waals surface area contributed by atoms with E-state index in [9.17, 15) is 14.4 Å². The number of carbonyl (C=O) groups is 2. The summed E-state index contributed by atoms with van der Waals surface area (Å²) in [4.78, 5) is 36.8. The second kappa shape index (κ2) is 25.7. The van der Waals surface area contributed by atoms with Crippen molar-refractivity contribution >= 4 is 35.8 Å². The molecule has 1 amide bonds. The van der Waals surface area contributed by atoms with Crippen molar-refractivity contribution in [3.63, 3.8) is 0 Å². The van der Waals surface area contributed by atoms with Gasteiger partial charge in [-0.1, -0.05) is 38.1 Å². The van der Waals surface area contributed by atoms with Crippen LogP contribution >= 0.6 is 0 Å². The summed E-state index contributed by atoms with van der Waals surface area (Å²) in [7, 11) is -5.25. The average Bonchev–Trinajstić information content (AvgIpc) is 3.10. The molecule has 1 N–H and O–H groups in total. The molecule has 13 nitrogen and oxygen atoms in total. The summed E-state index contributed by atoms with van der Waals surface area (Å²) in [6.07, 6.45) is 2.38. The Bertz CT molecular complexity index is 1300. The van der Waals surface area contributed by atoms with Crippen molar-refractivity contribution in [3.8, 4) is 11.5 Å². The maximum Gasteiger partial charge on any atom is 0.500 e. The molecule has 15 heteroatoms. The number of hydrogen-bond acceptors (Lipinski definition) is 12. The van der Waals surface area contributed by atoms with E-state index in [1.54, 1.807) is 24.3 Å². The molecular weight excluding hydrogens is 705 g/mol. The Morgan fingerprint density at radius 3 is 1.40 bits per heavy atom. The Balaban J connectivity index is 0.000000710. The Kier molecular flexibility index (Phi) is 23.1. The first-order valence-electron chi connectivity index (χ1n) is 18.1. The predicted octanol–water partition coefficient (Wildman–Crippen LogP) is 7.23.